The minimum atomic E-state index is -0.430. The minimum Gasteiger partial charge on any atom is -0.331 e. The van der Waals surface area contributed by atoms with E-state index < -0.39 is 11.2 Å². The van der Waals surface area contributed by atoms with Crippen LogP contribution in [0.15, 0.2) is 40.1 Å². The molecular formula is C17H17N7O2. The van der Waals surface area contributed by atoms with Gasteiger partial charge in [-0.2, -0.15) is 0 Å². The molecule has 0 fully saturated rings. The van der Waals surface area contributed by atoms with Crippen molar-refractivity contribution >= 4 is 11.2 Å². The van der Waals surface area contributed by atoms with Gasteiger partial charge in [-0.25, -0.2) is 14.5 Å². The van der Waals surface area contributed by atoms with E-state index in [0.29, 0.717) is 11.5 Å². The number of H-pyrrole nitrogens is 1. The summed E-state index contributed by atoms with van der Waals surface area (Å²) in [6, 6.07) is 8.00. The smallest absolute Gasteiger partial charge is 0.331 e. The number of nitrogens with zero attached hydrogens (tertiary/aromatic N) is 6. The van der Waals surface area contributed by atoms with Gasteiger partial charge in [0.15, 0.2) is 11.5 Å². The number of fused-ring (bicyclic) bond motifs is 1. The van der Waals surface area contributed by atoms with E-state index in [1.54, 1.807) is 17.9 Å². The molecule has 0 saturated heterocycles. The van der Waals surface area contributed by atoms with Crippen LogP contribution in [0, 0.1) is 0 Å². The number of nitrogens with one attached hydrogen (secondary N) is 1. The highest BCUT2D eigenvalue weighted by Gasteiger charge is 2.16. The minimum absolute atomic E-state index is 0.257. The lowest BCUT2D eigenvalue weighted by Crippen LogP contribution is -2.36. The molecule has 0 aliphatic rings. The van der Waals surface area contributed by atoms with Crippen molar-refractivity contribution in [2.24, 2.45) is 14.1 Å². The van der Waals surface area contributed by atoms with Crippen molar-refractivity contribution < 1.29 is 0 Å². The quantitative estimate of drug-likeness (QED) is 0.587. The molecule has 0 atom stereocenters. The maximum atomic E-state index is 12.3. The lowest BCUT2D eigenvalue weighted by atomic mass is 10.1. The van der Waals surface area contributed by atoms with Gasteiger partial charge in [0.2, 0.25) is 0 Å². The second kappa shape index (κ2) is 5.80. The summed E-state index contributed by atoms with van der Waals surface area (Å²) < 4.78 is 4.02. The molecule has 26 heavy (non-hydrogen) atoms. The monoisotopic (exact) mass is 351 g/mol. The van der Waals surface area contributed by atoms with Gasteiger partial charge in [0.05, 0.1) is 11.9 Å². The van der Waals surface area contributed by atoms with Gasteiger partial charge in [0.1, 0.15) is 11.2 Å². The summed E-state index contributed by atoms with van der Waals surface area (Å²) >= 11 is 0. The number of imidazole rings is 1. The van der Waals surface area contributed by atoms with Crippen molar-refractivity contribution in [3.8, 4) is 17.2 Å². The summed E-state index contributed by atoms with van der Waals surface area (Å²) in [6.45, 7) is 2.09. The summed E-state index contributed by atoms with van der Waals surface area (Å²) in [7, 11) is 3.00. The molecule has 0 aliphatic heterocycles. The van der Waals surface area contributed by atoms with Crippen LogP contribution in [0.1, 0.15) is 12.5 Å². The molecule has 4 rings (SSSR count). The number of hydrogen-bond donors (Lipinski definition) is 1. The number of benzene rings is 1. The average Bonchev–Trinajstić information content (AvgIpc) is 3.32. The van der Waals surface area contributed by atoms with Gasteiger partial charge in [-0.3, -0.25) is 13.9 Å². The molecule has 0 radical (unpaired) electrons. The highest BCUT2D eigenvalue weighted by molar-refractivity contribution is 5.74. The van der Waals surface area contributed by atoms with Gasteiger partial charge < -0.3 is 4.98 Å². The average molecular weight is 351 g/mol. The summed E-state index contributed by atoms with van der Waals surface area (Å²) in [5.41, 5.74) is 2.26. The summed E-state index contributed by atoms with van der Waals surface area (Å²) in [5.74, 6) is 0.385. The van der Waals surface area contributed by atoms with Crippen molar-refractivity contribution in [1.29, 1.82) is 0 Å². The molecule has 0 unspecified atom stereocenters. The van der Waals surface area contributed by atoms with E-state index in [9.17, 15) is 9.59 Å². The highest BCUT2D eigenvalue weighted by Crippen LogP contribution is 2.17. The van der Waals surface area contributed by atoms with E-state index in [2.05, 4.69) is 33.3 Å². The van der Waals surface area contributed by atoms with E-state index in [-0.39, 0.29) is 11.2 Å². The van der Waals surface area contributed by atoms with Crippen molar-refractivity contribution in [2.45, 2.75) is 13.3 Å². The fourth-order valence-electron chi connectivity index (χ4n) is 2.86. The molecule has 3 aromatic heterocycles. The molecule has 0 bridgehead atoms. The van der Waals surface area contributed by atoms with Gasteiger partial charge >= 0.3 is 5.69 Å². The molecule has 132 valence electrons. The van der Waals surface area contributed by atoms with Crippen LogP contribution >= 0.6 is 0 Å². The maximum absolute atomic E-state index is 12.3. The molecule has 4 aromatic rings. The molecule has 0 amide bonds. The Balaban J connectivity index is 1.83. The molecule has 1 aromatic carbocycles. The Kier molecular flexibility index (Phi) is 3.57. The number of hydrogen-bond acceptors (Lipinski definition) is 5. The number of aromatic nitrogens is 7. The van der Waals surface area contributed by atoms with E-state index in [1.165, 1.54) is 17.2 Å². The Hall–Kier alpha value is -3.49. The predicted octanol–water partition coefficient (Wildman–Crippen LogP) is 0.770. The van der Waals surface area contributed by atoms with Crippen LogP contribution in [0.2, 0.25) is 0 Å². The first kappa shape index (κ1) is 16.0. The number of aryl methyl sites for hydroxylation is 2. The summed E-state index contributed by atoms with van der Waals surface area (Å²) in [6.07, 6.45) is 2.66. The molecule has 9 heteroatoms. The zero-order chi connectivity index (χ0) is 18.4. The normalized spacial score (nSPS) is 11.3. The fraction of sp³-hybridized carbons (Fsp3) is 0.235. The topological polar surface area (TPSA) is 103 Å². The van der Waals surface area contributed by atoms with Crippen molar-refractivity contribution in [3.05, 3.63) is 56.9 Å². The molecule has 0 saturated carbocycles. The first-order valence-corrected chi connectivity index (χ1v) is 8.17. The maximum Gasteiger partial charge on any atom is 0.332 e. The van der Waals surface area contributed by atoms with Crippen molar-refractivity contribution in [3.63, 3.8) is 0 Å². The second-order valence-electron chi connectivity index (χ2n) is 6.06. The van der Waals surface area contributed by atoms with E-state index >= 15 is 0 Å². The van der Waals surface area contributed by atoms with Crippen LogP contribution < -0.4 is 11.2 Å². The van der Waals surface area contributed by atoms with E-state index in [4.69, 9.17) is 0 Å². The van der Waals surface area contributed by atoms with Crippen LogP contribution in [0.25, 0.3) is 28.4 Å². The predicted molar refractivity (Wildman–Crippen MR) is 96.3 cm³/mol. The second-order valence-corrected chi connectivity index (χ2v) is 6.06. The van der Waals surface area contributed by atoms with Gasteiger partial charge in [0, 0.05) is 14.1 Å². The first-order valence-electron chi connectivity index (χ1n) is 8.17. The standard InChI is InChI=1S/C17H17N7O2/c1-4-10-6-5-7-11(8-10)24-9-12(20-21-24)14-18-13-15(19-14)22(2)17(26)23(3)16(13)25/h5-9H,4H2,1-3H3,(H,18,19). The summed E-state index contributed by atoms with van der Waals surface area (Å²) in [4.78, 5) is 31.6. The van der Waals surface area contributed by atoms with Crippen molar-refractivity contribution in [2.75, 3.05) is 0 Å². The highest BCUT2D eigenvalue weighted by atomic mass is 16.2. The van der Waals surface area contributed by atoms with Gasteiger partial charge in [-0.15, -0.1) is 5.10 Å². The fourth-order valence-corrected chi connectivity index (χ4v) is 2.86. The zero-order valence-corrected chi connectivity index (χ0v) is 14.6. The van der Waals surface area contributed by atoms with Crippen LogP contribution in [0.3, 0.4) is 0 Å². The molecular weight excluding hydrogens is 334 g/mol. The third-order valence-electron chi connectivity index (χ3n) is 4.41. The third-order valence-corrected chi connectivity index (χ3v) is 4.41. The Morgan fingerprint density at radius 2 is 1.96 bits per heavy atom. The molecule has 9 nitrogen and oxygen atoms in total. The largest absolute Gasteiger partial charge is 0.332 e. The Morgan fingerprint density at radius 3 is 2.73 bits per heavy atom. The van der Waals surface area contributed by atoms with Gasteiger partial charge in [-0.05, 0) is 24.1 Å². The van der Waals surface area contributed by atoms with Crippen LogP contribution in [-0.4, -0.2) is 34.1 Å². The molecule has 3 heterocycles. The zero-order valence-electron chi connectivity index (χ0n) is 14.6. The lowest BCUT2D eigenvalue weighted by Gasteiger charge is -2.01. The number of aromatic amines is 1. The van der Waals surface area contributed by atoms with Gasteiger partial charge in [-0.1, -0.05) is 24.3 Å². The van der Waals surface area contributed by atoms with Gasteiger partial charge in [0.25, 0.3) is 5.56 Å². The molecule has 1 N–H and O–H groups in total. The Morgan fingerprint density at radius 1 is 1.15 bits per heavy atom. The molecule has 0 aliphatic carbocycles. The Bertz CT molecular complexity index is 1240. The van der Waals surface area contributed by atoms with Crippen LogP contribution in [0.5, 0.6) is 0 Å². The SMILES string of the molecule is CCc1cccc(-n2cc(-c3nc4c([nH]3)c(=O)n(C)c(=O)n4C)nn2)c1. The third kappa shape index (κ3) is 2.36. The van der Waals surface area contributed by atoms with E-state index in [1.807, 2.05) is 18.2 Å². The first-order chi connectivity index (χ1) is 12.5. The summed E-state index contributed by atoms with van der Waals surface area (Å²) in [5, 5.41) is 8.28. The van der Waals surface area contributed by atoms with Crippen LogP contribution in [-0.2, 0) is 20.5 Å². The van der Waals surface area contributed by atoms with Crippen LogP contribution in [0.4, 0.5) is 0 Å². The lowest BCUT2D eigenvalue weighted by molar-refractivity contribution is 0.709. The number of rotatable bonds is 3. The van der Waals surface area contributed by atoms with Crippen molar-refractivity contribution in [1.82, 2.24) is 34.1 Å². The molecule has 0 spiro atoms. The Labute approximate surface area is 147 Å². The van der Waals surface area contributed by atoms with E-state index in [0.717, 1.165) is 16.7 Å².